The van der Waals surface area contributed by atoms with Crippen molar-refractivity contribution in [2.24, 2.45) is 5.41 Å². The van der Waals surface area contributed by atoms with Gasteiger partial charge in [0, 0.05) is 18.8 Å². The van der Waals surface area contributed by atoms with E-state index in [4.69, 9.17) is 0 Å². The summed E-state index contributed by atoms with van der Waals surface area (Å²) in [6.07, 6.45) is -4.40. The molecule has 2 aliphatic rings. The van der Waals surface area contributed by atoms with Crippen LogP contribution < -0.4 is 15.0 Å². The number of anilines is 1. The molecule has 2 saturated heterocycles. The second kappa shape index (κ2) is 5.68. The lowest BCUT2D eigenvalue weighted by Gasteiger charge is -2.36. The summed E-state index contributed by atoms with van der Waals surface area (Å²) in [6.45, 7) is 1.47. The molecule has 5 nitrogen and oxygen atoms in total. The van der Waals surface area contributed by atoms with Gasteiger partial charge in [0.1, 0.15) is 5.75 Å². The summed E-state index contributed by atoms with van der Waals surface area (Å²) in [5, 5.41) is 13.3. The number of hydrogen-bond donors (Lipinski definition) is 2. The lowest BCUT2D eigenvalue weighted by atomic mass is 9.75. The highest BCUT2D eigenvalue weighted by Crippen LogP contribution is 2.42. The fourth-order valence-corrected chi connectivity index (χ4v) is 3.32. The summed E-state index contributed by atoms with van der Waals surface area (Å²) in [7, 11) is 0. The van der Waals surface area contributed by atoms with Crippen LogP contribution >= 0.6 is 0 Å². The molecule has 23 heavy (non-hydrogen) atoms. The molecule has 0 saturated carbocycles. The van der Waals surface area contributed by atoms with E-state index >= 15 is 0 Å². The highest BCUT2D eigenvalue weighted by molar-refractivity contribution is 6.00. The maximum absolute atomic E-state index is 12.7. The van der Waals surface area contributed by atoms with Gasteiger partial charge in [0.25, 0.3) is 0 Å². The summed E-state index contributed by atoms with van der Waals surface area (Å²) in [5.74, 6) is -0.500. The van der Waals surface area contributed by atoms with Crippen molar-refractivity contribution in [3.05, 3.63) is 24.3 Å². The van der Waals surface area contributed by atoms with Gasteiger partial charge in [0.05, 0.1) is 11.5 Å². The Labute approximate surface area is 131 Å². The van der Waals surface area contributed by atoms with Gasteiger partial charge in [-0.1, -0.05) is 0 Å². The average molecular weight is 330 g/mol. The molecule has 0 radical (unpaired) electrons. The number of ether oxygens (including phenoxy) is 1. The van der Waals surface area contributed by atoms with Gasteiger partial charge < -0.3 is 20.1 Å². The SMILES string of the molecule is O=C1N(c2ccc(OC(F)(F)F)cc2)CC[C@]12CCNC[C@H]2O. The molecule has 126 valence electrons. The first-order chi connectivity index (χ1) is 10.8. The van der Waals surface area contributed by atoms with Crippen molar-refractivity contribution in [2.45, 2.75) is 25.3 Å². The maximum Gasteiger partial charge on any atom is 0.573 e. The van der Waals surface area contributed by atoms with Crippen molar-refractivity contribution < 1.29 is 27.8 Å². The Morgan fingerprint density at radius 2 is 1.96 bits per heavy atom. The fourth-order valence-electron chi connectivity index (χ4n) is 3.32. The van der Waals surface area contributed by atoms with Crippen molar-refractivity contribution in [1.29, 1.82) is 0 Å². The van der Waals surface area contributed by atoms with E-state index in [-0.39, 0.29) is 11.7 Å². The number of aliphatic hydroxyl groups is 1. The standard InChI is InChI=1S/C15H17F3N2O3/c16-15(17,18)23-11-3-1-10(2-4-11)20-8-6-14(13(20)22)5-7-19-9-12(14)21/h1-4,12,19,21H,5-9H2/t12-,14+/m1/s1. The smallest absolute Gasteiger partial charge is 0.406 e. The van der Waals surface area contributed by atoms with Crippen molar-refractivity contribution in [1.82, 2.24) is 5.32 Å². The molecule has 2 aliphatic heterocycles. The van der Waals surface area contributed by atoms with Crippen LogP contribution in [0.3, 0.4) is 0 Å². The predicted octanol–water partition coefficient (Wildman–Crippen LogP) is 1.66. The minimum Gasteiger partial charge on any atom is -0.406 e. The summed E-state index contributed by atoms with van der Waals surface area (Å²) < 4.78 is 40.3. The molecule has 8 heteroatoms. The number of amides is 1. The van der Waals surface area contributed by atoms with Crippen LogP contribution in [0.15, 0.2) is 24.3 Å². The molecule has 0 aliphatic carbocycles. The van der Waals surface area contributed by atoms with E-state index in [1.54, 1.807) is 0 Å². The van der Waals surface area contributed by atoms with Gasteiger partial charge in [-0.2, -0.15) is 0 Å². The first kappa shape index (κ1) is 16.1. The first-order valence-corrected chi connectivity index (χ1v) is 7.38. The number of alkyl halides is 3. The van der Waals surface area contributed by atoms with Crippen LogP contribution in [0.5, 0.6) is 5.75 Å². The zero-order valence-corrected chi connectivity index (χ0v) is 12.3. The predicted molar refractivity (Wildman–Crippen MR) is 76.0 cm³/mol. The summed E-state index contributed by atoms with van der Waals surface area (Å²) >= 11 is 0. The Kier molecular flexibility index (Phi) is 3.97. The minimum atomic E-state index is -4.74. The Balaban J connectivity index is 1.77. The van der Waals surface area contributed by atoms with Crippen molar-refractivity contribution in [2.75, 3.05) is 24.5 Å². The third kappa shape index (κ3) is 3.00. The molecule has 1 aromatic carbocycles. The van der Waals surface area contributed by atoms with Crippen molar-refractivity contribution >= 4 is 11.6 Å². The molecule has 1 aromatic rings. The fraction of sp³-hybridized carbons (Fsp3) is 0.533. The third-order valence-electron chi connectivity index (χ3n) is 4.56. The van der Waals surface area contributed by atoms with Gasteiger partial charge >= 0.3 is 6.36 Å². The molecule has 2 fully saturated rings. The number of carbonyl (C=O) groups excluding carboxylic acids is 1. The Bertz CT molecular complexity index is 591. The van der Waals surface area contributed by atoms with E-state index in [1.165, 1.54) is 29.2 Å². The highest BCUT2D eigenvalue weighted by atomic mass is 19.4. The van der Waals surface area contributed by atoms with E-state index in [9.17, 15) is 23.1 Å². The van der Waals surface area contributed by atoms with E-state index < -0.39 is 17.9 Å². The number of piperidine rings is 1. The van der Waals surface area contributed by atoms with Crippen LogP contribution in [0.1, 0.15) is 12.8 Å². The Morgan fingerprint density at radius 1 is 1.26 bits per heavy atom. The molecule has 3 rings (SSSR count). The number of hydrogen-bond acceptors (Lipinski definition) is 4. The first-order valence-electron chi connectivity index (χ1n) is 7.38. The van der Waals surface area contributed by atoms with E-state index in [0.29, 0.717) is 38.2 Å². The molecule has 2 N–H and O–H groups in total. The van der Waals surface area contributed by atoms with Gasteiger partial charge in [0.15, 0.2) is 0 Å². The number of rotatable bonds is 2. The maximum atomic E-state index is 12.7. The lowest BCUT2D eigenvalue weighted by molar-refractivity contribution is -0.274. The van der Waals surface area contributed by atoms with E-state index in [2.05, 4.69) is 10.1 Å². The number of β-amino-alcohol motifs (C(OH)–C–C–N with tert-alkyl or cyclic N) is 1. The molecule has 1 amide bonds. The molecular weight excluding hydrogens is 313 g/mol. The number of aliphatic hydroxyl groups excluding tert-OH is 1. The van der Waals surface area contributed by atoms with Crippen molar-refractivity contribution in [3.8, 4) is 5.75 Å². The Morgan fingerprint density at radius 3 is 2.57 bits per heavy atom. The van der Waals surface area contributed by atoms with Crippen LogP contribution in [0, 0.1) is 5.41 Å². The van der Waals surface area contributed by atoms with Crippen LogP contribution in [-0.2, 0) is 4.79 Å². The summed E-state index contributed by atoms with van der Waals surface area (Å²) in [6, 6.07) is 5.21. The average Bonchev–Trinajstić information content (AvgIpc) is 2.80. The van der Waals surface area contributed by atoms with Crippen LogP contribution in [0.4, 0.5) is 18.9 Å². The molecule has 0 bridgehead atoms. The number of benzene rings is 1. The summed E-state index contributed by atoms with van der Waals surface area (Å²) in [4.78, 5) is 14.3. The zero-order chi connectivity index (χ0) is 16.7. The zero-order valence-electron chi connectivity index (χ0n) is 12.3. The number of nitrogens with one attached hydrogen (secondary N) is 1. The molecule has 2 atom stereocenters. The molecule has 2 heterocycles. The van der Waals surface area contributed by atoms with Gasteiger partial charge in [-0.3, -0.25) is 4.79 Å². The lowest BCUT2D eigenvalue weighted by Crippen LogP contribution is -2.53. The number of nitrogens with zero attached hydrogens (tertiary/aromatic N) is 1. The van der Waals surface area contributed by atoms with Crippen LogP contribution in [0.2, 0.25) is 0 Å². The third-order valence-corrected chi connectivity index (χ3v) is 4.56. The second-order valence-electron chi connectivity index (χ2n) is 5.87. The van der Waals surface area contributed by atoms with Crippen LogP contribution in [-0.4, -0.2) is 43.1 Å². The van der Waals surface area contributed by atoms with E-state index in [1.807, 2.05) is 0 Å². The normalized spacial score (nSPS) is 28.4. The van der Waals surface area contributed by atoms with Gasteiger partial charge in [-0.15, -0.1) is 13.2 Å². The van der Waals surface area contributed by atoms with Gasteiger partial charge in [-0.25, -0.2) is 0 Å². The monoisotopic (exact) mass is 330 g/mol. The molecule has 0 unspecified atom stereocenters. The highest BCUT2D eigenvalue weighted by Gasteiger charge is 2.52. The Hall–Kier alpha value is -1.80. The van der Waals surface area contributed by atoms with Gasteiger partial charge in [-0.05, 0) is 43.7 Å². The number of carbonyl (C=O) groups is 1. The minimum absolute atomic E-state index is 0.170. The topological polar surface area (TPSA) is 61.8 Å². The van der Waals surface area contributed by atoms with Crippen LogP contribution in [0.25, 0.3) is 0 Å². The number of halogens is 3. The van der Waals surface area contributed by atoms with E-state index in [0.717, 1.165) is 0 Å². The molecule has 1 spiro atoms. The van der Waals surface area contributed by atoms with Gasteiger partial charge in [0.2, 0.25) is 5.91 Å². The van der Waals surface area contributed by atoms with Crippen molar-refractivity contribution in [3.63, 3.8) is 0 Å². The second-order valence-corrected chi connectivity index (χ2v) is 5.87. The molecular formula is C15H17F3N2O3. The largest absolute Gasteiger partial charge is 0.573 e. The summed E-state index contributed by atoms with van der Waals surface area (Å²) in [5.41, 5.74) is -0.279. The molecule has 0 aromatic heterocycles. The quantitative estimate of drug-likeness (QED) is 0.866.